The monoisotopic (exact) mass is 391 g/mol. The number of hydrogen-bond donors (Lipinski definition) is 3. The minimum absolute atomic E-state index is 0.178. The minimum Gasteiger partial charge on any atom is -0.478 e. The zero-order valence-corrected chi connectivity index (χ0v) is 17.3. The van der Waals surface area contributed by atoms with E-state index in [0.717, 1.165) is 19.4 Å². The molecule has 1 rings (SSSR count). The molecule has 0 atom stereocenters. The molecular formula is C23H37NO4. The Morgan fingerprint density at radius 3 is 1.64 bits per heavy atom. The van der Waals surface area contributed by atoms with Gasteiger partial charge in [-0.1, -0.05) is 84.0 Å². The van der Waals surface area contributed by atoms with Gasteiger partial charge in [-0.15, -0.1) is 0 Å². The van der Waals surface area contributed by atoms with E-state index in [0.29, 0.717) is 5.69 Å². The molecule has 0 aromatic heterocycles. The first-order valence-corrected chi connectivity index (χ1v) is 10.9. The van der Waals surface area contributed by atoms with Crippen LogP contribution in [-0.2, 0) is 0 Å². The predicted molar refractivity (Wildman–Crippen MR) is 115 cm³/mol. The van der Waals surface area contributed by atoms with Gasteiger partial charge in [0.05, 0.1) is 11.1 Å². The number of hydrogen-bond acceptors (Lipinski definition) is 3. The molecule has 3 N–H and O–H groups in total. The number of rotatable bonds is 17. The van der Waals surface area contributed by atoms with Crippen molar-refractivity contribution in [2.45, 2.75) is 90.4 Å². The van der Waals surface area contributed by atoms with Crippen LogP contribution in [0.3, 0.4) is 0 Å². The van der Waals surface area contributed by atoms with E-state index in [1.807, 2.05) is 0 Å². The molecule has 0 bridgehead atoms. The van der Waals surface area contributed by atoms with Crippen molar-refractivity contribution >= 4 is 17.6 Å². The smallest absolute Gasteiger partial charge is 0.336 e. The van der Waals surface area contributed by atoms with Gasteiger partial charge in [-0.05, 0) is 24.6 Å². The third kappa shape index (κ3) is 10.3. The summed E-state index contributed by atoms with van der Waals surface area (Å²) in [6.45, 7) is 3.02. The molecule has 0 fully saturated rings. The number of unbranched alkanes of at least 4 members (excludes halogenated alkanes) is 12. The second kappa shape index (κ2) is 14.9. The fourth-order valence-corrected chi connectivity index (χ4v) is 3.39. The highest BCUT2D eigenvalue weighted by atomic mass is 16.4. The van der Waals surface area contributed by atoms with E-state index in [1.54, 1.807) is 6.07 Å². The van der Waals surface area contributed by atoms with E-state index in [4.69, 9.17) is 10.2 Å². The molecule has 0 unspecified atom stereocenters. The summed E-state index contributed by atoms with van der Waals surface area (Å²) >= 11 is 0. The van der Waals surface area contributed by atoms with Crippen LogP contribution in [-0.4, -0.2) is 28.7 Å². The molecule has 0 amide bonds. The zero-order valence-electron chi connectivity index (χ0n) is 17.3. The van der Waals surface area contributed by atoms with E-state index in [2.05, 4.69) is 12.2 Å². The van der Waals surface area contributed by atoms with Crippen LogP contribution in [0, 0.1) is 0 Å². The van der Waals surface area contributed by atoms with Gasteiger partial charge in [0.2, 0.25) is 0 Å². The largest absolute Gasteiger partial charge is 0.478 e. The zero-order chi connectivity index (χ0) is 20.6. The van der Waals surface area contributed by atoms with Crippen molar-refractivity contribution in [3.8, 4) is 0 Å². The lowest BCUT2D eigenvalue weighted by Crippen LogP contribution is -2.09. The van der Waals surface area contributed by atoms with Crippen LogP contribution in [0.2, 0.25) is 0 Å². The van der Waals surface area contributed by atoms with Crippen molar-refractivity contribution in [2.24, 2.45) is 0 Å². The van der Waals surface area contributed by atoms with Crippen molar-refractivity contribution in [3.63, 3.8) is 0 Å². The number of carboxylic acids is 2. The summed E-state index contributed by atoms with van der Waals surface area (Å²) in [7, 11) is 0. The lowest BCUT2D eigenvalue weighted by atomic mass is 10.0. The molecule has 5 nitrogen and oxygen atoms in total. The molecule has 158 valence electrons. The number of anilines is 1. The molecule has 1 aromatic rings. The second-order valence-corrected chi connectivity index (χ2v) is 7.54. The topological polar surface area (TPSA) is 86.6 Å². The van der Waals surface area contributed by atoms with Crippen molar-refractivity contribution in [2.75, 3.05) is 11.9 Å². The third-order valence-corrected chi connectivity index (χ3v) is 5.09. The number of carbonyl (C=O) groups is 2. The van der Waals surface area contributed by atoms with Gasteiger partial charge in [-0.2, -0.15) is 0 Å². The van der Waals surface area contributed by atoms with Gasteiger partial charge in [0.25, 0.3) is 0 Å². The Morgan fingerprint density at radius 2 is 1.18 bits per heavy atom. The highest BCUT2D eigenvalue weighted by molar-refractivity contribution is 6.02. The SMILES string of the molecule is CCCCCCCCCCCCCCCNc1ccc(C(=O)O)c(C(=O)O)c1. The molecule has 1 aromatic carbocycles. The Labute approximate surface area is 169 Å². The summed E-state index contributed by atoms with van der Waals surface area (Å²) < 4.78 is 0. The maximum Gasteiger partial charge on any atom is 0.336 e. The Morgan fingerprint density at radius 1 is 0.714 bits per heavy atom. The normalized spacial score (nSPS) is 10.8. The first-order valence-electron chi connectivity index (χ1n) is 10.9. The Bertz CT molecular complexity index is 586. The highest BCUT2D eigenvalue weighted by Crippen LogP contribution is 2.17. The molecule has 0 saturated heterocycles. The van der Waals surface area contributed by atoms with E-state index in [-0.39, 0.29) is 11.1 Å². The molecule has 0 heterocycles. The van der Waals surface area contributed by atoms with Gasteiger partial charge in [0.15, 0.2) is 0 Å². The molecule has 0 aliphatic rings. The van der Waals surface area contributed by atoms with Gasteiger partial charge in [-0.25, -0.2) is 9.59 Å². The Balaban J connectivity index is 2.05. The standard InChI is InChI=1S/C23H37NO4/c1-2-3-4-5-6-7-8-9-10-11-12-13-14-17-24-19-15-16-20(22(25)26)21(18-19)23(27)28/h15-16,18,24H,2-14,17H2,1H3,(H,25,26)(H,27,28). The quantitative estimate of drug-likeness (QED) is 0.261. The van der Waals surface area contributed by atoms with Gasteiger partial charge >= 0.3 is 11.9 Å². The maximum absolute atomic E-state index is 11.2. The Kier molecular flexibility index (Phi) is 12.8. The maximum atomic E-state index is 11.2. The molecular weight excluding hydrogens is 354 g/mol. The minimum atomic E-state index is -1.22. The third-order valence-electron chi connectivity index (χ3n) is 5.09. The lowest BCUT2D eigenvalue weighted by Gasteiger charge is -2.09. The van der Waals surface area contributed by atoms with Crippen molar-refractivity contribution in [1.29, 1.82) is 0 Å². The van der Waals surface area contributed by atoms with Crippen LogP contribution >= 0.6 is 0 Å². The fourth-order valence-electron chi connectivity index (χ4n) is 3.39. The summed E-state index contributed by atoms with van der Waals surface area (Å²) in [5, 5.41) is 21.4. The molecule has 5 heteroatoms. The number of aromatic carboxylic acids is 2. The summed E-state index contributed by atoms with van der Waals surface area (Å²) in [5.74, 6) is -2.44. The van der Waals surface area contributed by atoms with Gasteiger partial charge < -0.3 is 15.5 Å². The molecule has 28 heavy (non-hydrogen) atoms. The van der Waals surface area contributed by atoms with Crippen LogP contribution in [0.4, 0.5) is 5.69 Å². The van der Waals surface area contributed by atoms with E-state index in [1.165, 1.54) is 82.8 Å². The molecule has 0 radical (unpaired) electrons. The van der Waals surface area contributed by atoms with Crippen molar-refractivity contribution in [1.82, 2.24) is 0 Å². The van der Waals surface area contributed by atoms with E-state index >= 15 is 0 Å². The second-order valence-electron chi connectivity index (χ2n) is 7.54. The van der Waals surface area contributed by atoms with Crippen LogP contribution in [0.25, 0.3) is 0 Å². The van der Waals surface area contributed by atoms with Crippen LogP contribution in [0.15, 0.2) is 18.2 Å². The highest BCUT2D eigenvalue weighted by Gasteiger charge is 2.16. The number of carboxylic acid groups (broad SMARTS) is 2. The molecule has 0 saturated carbocycles. The molecule has 0 aliphatic carbocycles. The van der Waals surface area contributed by atoms with E-state index < -0.39 is 11.9 Å². The van der Waals surface area contributed by atoms with Crippen LogP contribution < -0.4 is 5.32 Å². The lowest BCUT2D eigenvalue weighted by molar-refractivity contribution is 0.0651. The first kappa shape index (κ1) is 24.0. The van der Waals surface area contributed by atoms with Gasteiger partial charge in [0.1, 0.15) is 0 Å². The Hall–Kier alpha value is -2.04. The summed E-state index contributed by atoms with van der Waals surface area (Å²) in [5.41, 5.74) is 0.295. The number of benzene rings is 1. The number of nitrogens with one attached hydrogen (secondary N) is 1. The predicted octanol–water partition coefficient (Wildman–Crippen LogP) is 6.59. The summed E-state index contributed by atoms with van der Waals surface area (Å²) in [6, 6.07) is 4.37. The summed E-state index contributed by atoms with van der Waals surface area (Å²) in [4.78, 5) is 22.2. The average molecular weight is 392 g/mol. The average Bonchev–Trinajstić information content (AvgIpc) is 2.68. The summed E-state index contributed by atoms with van der Waals surface area (Å²) in [6.07, 6.45) is 17.0. The van der Waals surface area contributed by atoms with Gasteiger partial charge in [0, 0.05) is 12.2 Å². The van der Waals surface area contributed by atoms with Crippen molar-refractivity contribution < 1.29 is 19.8 Å². The van der Waals surface area contributed by atoms with Crippen molar-refractivity contribution in [3.05, 3.63) is 29.3 Å². The van der Waals surface area contributed by atoms with Crippen LogP contribution in [0.5, 0.6) is 0 Å². The fraction of sp³-hybridized carbons (Fsp3) is 0.652. The molecule has 0 spiro atoms. The molecule has 0 aliphatic heterocycles. The van der Waals surface area contributed by atoms with Gasteiger partial charge in [-0.3, -0.25) is 0 Å². The van der Waals surface area contributed by atoms with E-state index in [9.17, 15) is 9.59 Å². The first-order chi connectivity index (χ1) is 13.6. The van der Waals surface area contributed by atoms with Crippen LogP contribution in [0.1, 0.15) is 111 Å².